The van der Waals surface area contributed by atoms with Gasteiger partial charge in [-0.15, -0.1) is 0 Å². The van der Waals surface area contributed by atoms with Crippen molar-refractivity contribution in [3.8, 4) is 0 Å². The molecule has 6 fully saturated rings. The molecule has 0 spiro atoms. The largest absolute Gasteiger partial charge is 0.481 e. The lowest BCUT2D eigenvalue weighted by molar-refractivity contribution is -0.151. The molecule has 0 aliphatic carbocycles. The maximum absolute atomic E-state index is 15.0. The van der Waals surface area contributed by atoms with E-state index < -0.39 is 320 Å². The molecule has 0 saturated carbocycles. The number of amides is 21. The second-order valence-corrected chi connectivity index (χ2v) is 41.1. The van der Waals surface area contributed by atoms with Crippen LogP contribution in [0.15, 0.2) is 0 Å². The predicted molar refractivity (Wildman–Crippen MR) is 529 cm³/mol. The van der Waals surface area contributed by atoms with E-state index >= 15 is 4.79 Å². The fourth-order valence-electron chi connectivity index (χ4n) is 19.1. The zero-order chi connectivity index (χ0) is 112. The molecule has 55 nitrogen and oxygen atoms in total. The van der Waals surface area contributed by atoms with Crippen molar-refractivity contribution >= 4 is 148 Å². The Balaban J connectivity index is 1.07. The molecule has 0 aromatic heterocycles. The predicted octanol–water partition coefficient (Wildman–Crippen LogP) is -8.77. The van der Waals surface area contributed by atoms with Crippen molar-refractivity contribution in [2.45, 2.75) is 358 Å². The third-order valence-electron chi connectivity index (χ3n) is 26.6. The molecule has 29 N–H and O–H groups in total. The molecule has 0 unspecified atom stereocenters. The summed E-state index contributed by atoms with van der Waals surface area (Å²) in [5.74, 6) is -27.2. The highest BCUT2D eigenvalue weighted by Crippen LogP contribution is 2.32. The van der Waals surface area contributed by atoms with Crippen LogP contribution >= 0.6 is 0 Å². The summed E-state index contributed by atoms with van der Waals surface area (Å²) in [5, 5.41) is 104. The highest BCUT2D eigenvalue weighted by Gasteiger charge is 2.51. The highest BCUT2D eigenvalue weighted by molar-refractivity contribution is 6.04. The van der Waals surface area contributed by atoms with E-state index in [2.05, 4.69) is 74.4 Å². The van der Waals surface area contributed by atoms with E-state index in [-0.39, 0.29) is 185 Å². The van der Waals surface area contributed by atoms with Gasteiger partial charge in [-0.3, -0.25) is 116 Å². The Morgan fingerprint density at radius 2 is 0.667 bits per heavy atom. The Bertz CT molecular complexity index is 4870. The summed E-state index contributed by atoms with van der Waals surface area (Å²) in [6, 6.07) is -28.9. The van der Waals surface area contributed by atoms with Gasteiger partial charge in [0.15, 0.2) is 5.96 Å². The maximum Gasteiger partial charge on any atom is 0.326 e. The van der Waals surface area contributed by atoms with Crippen molar-refractivity contribution < 1.29 is 146 Å². The second kappa shape index (κ2) is 59.1. The Morgan fingerprint density at radius 1 is 0.333 bits per heavy atom. The van der Waals surface area contributed by atoms with Crippen LogP contribution in [0.4, 0.5) is 0 Å². The summed E-state index contributed by atoms with van der Waals surface area (Å²) in [6.07, 6.45) is -5.51. The van der Waals surface area contributed by atoms with Crippen LogP contribution in [0.25, 0.3) is 0 Å². The Morgan fingerprint density at radius 3 is 1.08 bits per heavy atom. The fraction of sp³-hybridized carbons (Fsp3) is 0.737. The summed E-state index contributed by atoms with van der Waals surface area (Å²) in [6.45, 7) is 16.8. The molecular formula is C95H155N25O30. The second-order valence-electron chi connectivity index (χ2n) is 41.1. The van der Waals surface area contributed by atoms with Crippen LogP contribution in [0.2, 0.25) is 0 Å². The van der Waals surface area contributed by atoms with E-state index in [1.54, 1.807) is 41.5 Å². The molecular weight excluding hydrogens is 1970 g/mol. The number of aliphatic hydroxyl groups excluding tert-OH is 3. The number of rotatable bonds is 58. The van der Waals surface area contributed by atoms with Crippen LogP contribution in [0.1, 0.15) is 231 Å². The van der Waals surface area contributed by atoms with E-state index in [1.165, 1.54) is 33.4 Å². The number of carbonyl (C=O) groups is 24. The quantitative estimate of drug-likeness (QED) is 0.0153. The van der Waals surface area contributed by atoms with Gasteiger partial charge >= 0.3 is 17.9 Å². The number of hydrogen-bond acceptors (Lipinski definition) is 29. The van der Waals surface area contributed by atoms with Crippen molar-refractivity contribution in [3.63, 3.8) is 0 Å². The average molecular weight is 2130 g/mol. The Labute approximate surface area is 868 Å². The Hall–Kier alpha value is -13.6. The Kier molecular flexibility index (Phi) is 49.3. The topological polar surface area (TPSA) is 847 Å². The van der Waals surface area contributed by atoms with Gasteiger partial charge in [-0.05, 0) is 165 Å². The van der Waals surface area contributed by atoms with Crippen LogP contribution in [0.5, 0.6) is 0 Å². The van der Waals surface area contributed by atoms with Gasteiger partial charge in [0.1, 0.15) is 109 Å². The zero-order valence-corrected chi connectivity index (χ0v) is 87.1. The molecule has 0 radical (unpaired) electrons. The molecule has 840 valence electrons. The molecule has 6 saturated heterocycles. The van der Waals surface area contributed by atoms with Crippen LogP contribution in [0.3, 0.4) is 0 Å². The van der Waals surface area contributed by atoms with Gasteiger partial charge in [0.2, 0.25) is 124 Å². The zero-order valence-electron chi connectivity index (χ0n) is 87.1. The number of carboxylic acid groups (broad SMARTS) is 3. The van der Waals surface area contributed by atoms with Gasteiger partial charge in [-0.2, -0.15) is 0 Å². The number of nitrogens with one attached hydrogen (secondary N) is 15. The van der Waals surface area contributed by atoms with Gasteiger partial charge in [-0.1, -0.05) is 69.2 Å². The first-order chi connectivity index (χ1) is 70.4. The number of aliphatic hydroxyl groups is 3. The summed E-state index contributed by atoms with van der Waals surface area (Å²) in [5.41, 5.74) is 22.4. The summed E-state index contributed by atoms with van der Waals surface area (Å²) < 4.78 is 0. The molecule has 21 atom stereocenters. The van der Waals surface area contributed by atoms with E-state index in [9.17, 15) is 141 Å². The first kappa shape index (κ1) is 125. The van der Waals surface area contributed by atoms with Gasteiger partial charge in [0.25, 0.3) is 0 Å². The number of carboxylic acids is 3. The number of carbonyl (C=O) groups excluding carboxylic acids is 21. The molecule has 0 bridgehead atoms. The van der Waals surface area contributed by atoms with Crippen LogP contribution in [-0.2, 0) is 115 Å². The molecule has 0 aromatic rings. The SMILES string of the molecule is CC(C)C[C@H](NC(=O)[C@H](CO)NC(=O)[C@H](CCC(N)=O)NC(=O)[C@@H](NC(=O)[C@H](CC(C)C)NC(=O)[C@@H](N)CC(C)C)[C@@H](C)O)C(=O)NCC(=O)N[C@H](C(=O)N[C@@H](CC(=O)O)C(=O)N[C@H](C(=O)N[C@@H](CC(C)C)C(=O)N1CCC[C@H]1C(=O)N1CCC[C@H]1C(=O)N1CCC[C@H]1C(=O)N[C@@H](CC(=O)O)C(=O)N1CCC[C@H]1C(=O)N[C@@H](CC(N)=O)C(=O)N1CCC[C@H]1C(=O)N1CCC[C@H]1C(=O)N[C@@H](CCCNC(=N)N)C(=O)O)[C@@H](C)O)C(C)C. The van der Waals surface area contributed by atoms with Crippen molar-refractivity contribution in [2.75, 3.05) is 59.0 Å². The number of hydrogen-bond donors (Lipinski definition) is 25. The van der Waals surface area contributed by atoms with E-state index in [1.807, 2.05) is 13.8 Å². The van der Waals surface area contributed by atoms with Crippen LogP contribution in [0, 0.1) is 35.0 Å². The third-order valence-corrected chi connectivity index (χ3v) is 26.6. The summed E-state index contributed by atoms with van der Waals surface area (Å²) in [7, 11) is 0. The molecule has 55 heteroatoms. The standard InChI is InChI=1S/C95H155N25O30/c1-45(2)36-52(96)76(131)105-56(38-47(5)6)79(134)113-74(50(11)122)86(141)103-53(27-28-68(97)124)78(133)111-61(44-121)81(136)106-55(37-46(3)4)77(132)102-43-70(126)112-73(49(9)10)85(140)107-57(41-71(127)128)80(135)114-75(51(12)123)87(142)110-58(39-48(7)8)88(143)118-33-18-25-66(118)93(148)120-35-19-26-67(120)92(147)117-32-16-23-64(117)84(139)109-60(42-72(129)130)90(145)115-30-14-21-62(115)83(138)108-59(40-69(98)125)89(144)119-34-17-24-65(119)91(146)116-31-15-22-63(116)82(137)104-54(94(149)150)20-13-29-101-95(99)100/h45-67,73-75,121-123H,13-44,96H2,1-12H3,(H2,97,124)(H2,98,125)(H,102,132)(H,103,141)(H,104,137)(H,105,131)(H,106,136)(H,107,140)(H,108,138)(H,109,139)(H,110,142)(H,111,133)(H,112,126)(H,113,134)(H,114,135)(H,127,128)(H,129,130)(H,149,150)(H4,99,100,101)/t50-,51-,52+,53+,54+,55+,56+,57+,58+,59+,60+,61+,62+,63+,64+,65+,66+,67+,73+,74+,75+/m1/s1. The normalized spacial score (nSPS) is 20.5. The minimum Gasteiger partial charge on any atom is -0.481 e. The maximum atomic E-state index is 15.0. The summed E-state index contributed by atoms with van der Waals surface area (Å²) in [4.78, 5) is 339. The van der Waals surface area contributed by atoms with Gasteiger partial charge in [-0.25, -0.2) is 4.79 Å². The lowest BCUT2D eigenvalue weighted by Crippen LogP contribution is -2.62. The fourth-order valence-corrected chi connectivity index (χ4v) is 19.1. The summed E-state index contributed by atoms with van der Waals surface area (Å²) >= 11 is 0. The number of aliphatic carboxylic acids is 3. The van der Waals surface area contributed by atoms with E-state index in [0.29, 0.717) is 6.42 Å². The van der Waals surface area contributed by atoms with Gasteiger partial charge in [0, 0.05) is 52.2 Å². The number of guanidine groups is 1. The molecule has 21 amide bonds. The molecule has 6 aliphatic rings. The number of primary amides is 2. The van der Waals surface area contributed by atoms with Crippen molar-refractivity contribution in [1.29, 1.82) is 5.41 Å². The highest BCUT2D eigenvalue weighted by atomic mass is 16.4. The van der Waals surface area contributed by atoms with Crippen molar-refractivity contribution in [1.82, 2.24) is 104 Å². The third kappa shape index (κ3) is 37.2. The van der Waals surface area contributed by atoms with Crippen molar-refractivity contribution in [2.24, 2.45) is 52.5 Å². The van der Waals surface area contributed by atoms with Gasteiger partial charge < -0.3 is 157 Å². The first-order valence-electron chi connectivity index (χ1n) is 51.2. The molecule has 150 heavy (non-hydrogen) atoms. The smallest absolute Gasteiger partial charge is 0.326 e. The molecule has 0 aromatic carbocycles. The minimum atomic E-state index is -2.06. The van der Waals surface area contributed by atoms with Crippen LogP contribution < -0.4 is 97.4 Å². The number of likely N-dealkylation sites (tertiary alicyclic amines) is 6. The van der Waals surface area contributed by atoms with Crippen molar-refractivity contribution in [3.05, 3.63) is 0 Å². The van der Waals surface area contributed by atoms with E-state index in [0.717, 1.165) is 23.6 Å². The average Bonchev–Trinajstić information content (AvgIpc) is 1.64. The molecule has 6 rings (SSSR count). The molecule has 6 aliphatic heterocycles. The van der Waals surface area contributed by atoms with Gasteiger partial charge in [0.05, 0.1) is 50.7 Å². The number of nitrogens with two attached hydrogens (primary N) is 4. The minimum absolute atomic E-state index is 0.00403. The molecule has 6 heterocycles. The lowest BCUT2D eigenvalue weighted by atomic mass is 10.00. The number of nitrogens with zero attached hydrogens (tertiary/aromatic N) is 6. The first-order valence-corrected chi connectivity index (χ1v) is 51.2. The monoisotopic (exact) mass is 2130 g/mol. The van der Waals surface area contributed by atoms with Crippen LogP contribution in [-0.4, -0.2) is 394 Å². The lowest BCUT2D eigenvalue weighted by Gasteiger charge is -2.35. The van der Waals surface area contributed by atoms with E-state index in [4.69, 9.17) is 28.3 Å².